The molecule has 0 bridgehead atoms. The van der Waals surface area contributed by atoms with Crippen molar-refractivity contribution in [3.63, 3.8) is 0 Å². The van der Waals surface area contributed by atoms with E-state index in [9.17, 15) is 0 Å². The highest BCUT2D eigenvalue weighted by Gasteiger charge is 2.18. The first-order valence-electron chi connectivity index (χ1n) is 9.28. The van der Waals surface area contributed by atoms with E-state index in [4.69, 9.17) is 0 Å². The zero-order valence-corrected chi connectivity index (χ0v) is 15.6. The number of nitrogens with zero attached hydrogens (tertiary/aromatic N) is 7. The molecule has 4 heterocycles. The van der Waals surface area contributed by atoms with E-state index in [0.717, 1.165) is 65.5 Å². The van der Waals surface area contributed by atoms with E-state index >= 15 is 0 Å². The molecule has 3 aromatic heterocycles. The molecule has 0 unspecified atom stereocenters. The first kappa shape index (κ1) is 16.8. The van der Waals surface area contributed by atoms with Crippen LogP contribution in [0.2, 0.25) is 0 Å². The Labute approximate surface area is 162 Å². The van der Waals surface area contributed by atoms with Gasteiger partial charge in [0.05, 0.1) is 23.1 Å². The Bertz CT molecular complexity index is 1100. The summed E-state index contributed by atoms with van der Waals surface area (Å²) in [6.45, 7) is 3.99. The van der Waals surface area contributed by atoms with Gasteiger partial charge in [-0.15, -0.1) is 0 Å². The lowest BCUT2D eigenvalue weighted by Crippen LogP contribution is -2.44. The molecule has 1 fully saturated rings. The summed E-state index contributed by atoms with van der Waals surface area (Å²) < 4.78 is 0. The molecule has 8 nitrogen and oxygen atoms in total. The minimum Gasteiger partial charge on any atom is -0.354 e. The highest BCUT2D eigenvalue weighted by molar-refractivity contribution is 5.94. The third-order valence-corrected chi connectivity index (χ3v) is 5.14. The van der Waals surface area contributed by atoms with Gasteiger partial charge in [0.2, 0.25) is 0 Å². The number of hydrogen-bond acceptors (Lipinski definition) is 7. The summed E-state index contributed by atoms with van der Waals surface area (Å²) in [6.07, 6.45) is 6.75. The Kier molecular flexibility index (Phi) is 4.17. The zero-order chi connectivity index (χ0) is 18.9. The monoisotopic (exact) mass is 372 g/mol. The lowest BCUT2D eigenvalue weighted by Gasteiger charge is -2.33. The first-order valence-corrected chi connectivity index (χ1v) is 9.28. The van der Waals surface area contributed by atoms with Crippen molar-refractivity contribution in [2.75, 3.05) is 38.1 Å². The lowest BCUT2D eigenvalue weighted by atomic mass is 10.1. The number of fused-ring (bicyclic) bond motifs is 1. The second kappa shape index (κ2) is 6.97. The number of hydrogen-bond donors (Lipinski definition) is 1. The third kappa shape index (κ3) is 3.07. The predicted octanol–water partition coefficient (Wildman–Crippen LogP) is 2.23. The average Bonchev–Trinajstić information content (AvgIpc) is 3.18. The summed E-state index contributed by atoms with van der Waals surface area (Å²) in [5.74, 6) is 0.944. The van der Waals surface area contributed by atoms with E-state index < -0.39 is 0 Å². The molecule has 1 saturated heterocycles. The highest BCUT2D eigenvalue weighted by atomic mass is 15.3. The molecule has 0 aliphatic carbocycles. The molecule has 0 atom stereocenters. The standard InChI is InChI=1S/C20H20N8/c1-27-6-8-28(9-7-27)19-11-17(23-13-24-19)20-15-10-14(2-3-16(15)25-26-20)18-12-21-4-5-22-18/h2-5,10-13H,6-9H2,1H3,(H,25,26). The fraction of sp³-hybridized carbons (Fsp3) is 0.250. The quantitative estimate of drug-likeness (QED) is 0.590. The van der Waals surface area contributed by atoms with Gasteiger partial charge in [-0.2, -0.15) is 5.10 Å². The van der Waals surface area contributed by atoms with Crippen molar-refractivity contribution in [3.8, 4) is 22.6 Å². The second-order valence-corrected chi connectivity index (χ2v) is 6.97. The SMILES string of the molecule is CN1CCN(c2cc(-c3n[nH]c4ccc(-c5cnccn5)cc34)ncn2)CC1. The van der Waals surface area contributed by atoms with Crippen molar-refractivity contribution in [1.82, 2.24) is 35.0 Å². The van der Waals surface area contributed by atoms with Crippen LogP contribution in [0, 0.1) is 0 Å². The van der Waals surface area contributed by atoms with Crippen molar-refractivity contribution in [2.45, 2.75) is 0 Å². The lowest BCUT2D eigenvalue weighted by molar-refractivity contribution is 0.312. The molecule has 0 radical (unpaired) electrons. The van der Waals surface area contributed by atoms with Crippen molar-refractivity contribution in [3.05, 3.63) is 49.2 Å². The van der Waals surface area contributed by atoms with Gasteiger partial charge in [0.15, 0.2) is 0 Å². The predicted molar refractivity (Wildman–Crippen MR) is 108 cm³/mol. The van der Waals surface area contributed by atoms with E-state index in [1.165, 1.54) is 0 Å². The van der Waals surface area contributed by atoms with Crippen LogP contribution < -0.4 is 4.90 Å². The number of likely N-dealkylation sites (N-methyl/N-ethyl adjacent to an activating group) is 1. The van der Waals surface area contributed by atoms with Gasteiger partial charge in [-0.05, 0) is 19.2 Å². The van der Waals surface area contributed by atoms with Crippen LogP contribution in [0.3, 0.4) is 0 Å². The molecule has 1 N–H and O–H groups in total. The topological polar surface area (TPSA) is 86.7 Å². The van der Waals surface area contributed by atoms with Gasteiger partial charge in [0.1, 0.15) is 17.8 Å². The van der Waals surface area contributed by atoms with Gasteiger partial charge in [-0.1, -0.05) is 6.07 Å². The van der Waals surface area contributed by atoms with Gasteiger partial charge in [-0.25, -0.2) is 9.97 Å². The number of rotatable bonds is 3. The van der Waals surface area contributed by atoms with Gasteiger partial charge in [0, 0.05) is 55.6 Å². The van der Waals surface area contributed by atoms with Crippen LogP contribution in [0.25, 0.3) is 33.5 Å². The molecule has 1 aromatic carbocycles. The van der Waals surface area contributed by atoms with Gasteiger partial charge >= 0.3 is 0 Å². The number of piperazine rings is 1. The minimum atomic E-state index is 0.812. The number of aromatic nitrogens is 6. The molecule has 8 heteroatoms. The van der Waals surface area contributed by atoms with Crippen LogP contribution in [-0.2, 0) is 0 Å². The Morgan fingerprint density at radius 2 is 1.82 bits per heavy atom. The summed E-state index contributed by atoms with van der Waals surface area (Å²) in [6, 6.07) is 8.13. The average molecular weight is 372 g/mol. The largest absolute Gasteiger partial charge is 0.354 e. The fourth-order valence-electron chi connectivity index (χ4n) is 3.50. The molecule has 28 heavy (non-hydrogen) atoms. The molecule has 0 amide bonds. The van der Waals surface area contributed by atoms with Crippen molar-refractivity contribution < 1.29 is 0 Å². The summed E-state index contributed by atoms with van der Waals surface area (Å²) >= 11 is 0. The molecule has 4 aromatic rings. The Morgan fingerprint density at radius 1 is 0.929 bits per heavy atom. The van der Waals surface area contributed by atoms with Crippen molar-refractivity contribution >= 4 is 16.7 Å². The second-order valence-electron chi connectivity index (χ2n) is 6.97. The zero-order valence-electron chi connectivity index (χ0n) is 15.6. The molecule has 1 aliphatic heterocycles. The maximum atomic E-state index is 4.52. The maximum Gasteiger partial charge on any atom is 0.132 e. The van der Waals surface area contributed by atoms with Crippen LogP contribution >= 0.6 is 0 Å². The van der Waals surface area contributed by atoms with E-state index in [1.54, 1.807) is 24.9 Å². The van der Waals surface area contributed by atoms with Crippen molar-refractivity contribution in [1.29, 1.82) is 0 Å². The maximum absolute atomic E-state index is 4.52. The van der Waals surface area contributed by atoms with Gasteiger partial charge in [-0.3, -0.25) is 15.1 Å². The Balaban J connectivity index is 1.53. The van der Waals surface area contributed by atoms with E-state index in [-0.39, 0.29) is 0 Å². The summed E-state index contributed by atoms with van der Waals surface area (Å²) in [7, 11) is 2.15. The Hall–Kier alpha value is -3.39. The number of H-pyrrole nitrogens is 1. The van der Waals surface area contributed by atoms with Crippen LogP contribution in [0.5, 0.6) is 0 Å². The van der Waals surface area contributed by atoms with Crippen LogP contribution in [0.15, 0.2) is 49.2 Å². The number of benzene rings is 1. The number of aromatic amines is 1. The summed E-state index contributed by atoms with van der Waals surface area (Å²) in [5.41, 5.74) is 4.42. The molecule has 5 rings (SSSR count). The van der Waals surface area contributed by atoms with Crippen LogP contribution in [0.4, 0.5) is 5.82 Å². The first-order chi connectivity index (χ1) is 13.8. The fourth-order valence-corrected chi connectivity index (χ4v) is 3.50. The molecule has 0 saturated carbocycles. The van der Waals surface area contributed by atoms with Crippen LogP contribution in [0.1, 0.15) is 0 Å². The molecular weight excluding hydrogens is 352 g/mol. The van der Waals surface area contributed by atoms with Crippen molar-refractivity contribution in [2.24, 2.45) is 0 Å². The van der Waals surface area contributed by atoms with Crippen LogP contribution in [-0.4, -0.2) is 68.3 Å². The third-order valence-electron chi connectivity index (χ3n) is 5.14. The van der Waals surface area contributed by atoms with Gasteiger partial charge < -0.3 is 9.80 Å². The minimum absolute atomic E-state index is 0.812. The molecule has 140 valence electrons. The van der Waals surface area contributed by atoms with E-state index in [1.807, 2.05) is 18.2 Å². The number of anilines is 1. The summed E-state index contributed by atoms with van der Waals surface area (Å²) in [5, 5.41) is 8.63. The summed E-state index contributed by atoms with van der Waals surface area (Å²) in [4.78, 5) is 22.1. The Morgan fingerprint density at radius 3 is 2.64 bits per heavy atom. The number of nitrogens with one attached hydrogen (secondary N) is 1. The molecular formula is C20H20N8. The molecule has 1 aliphatic rings. The normalized spacial score (nSPS) is 15.2. The van der Waals surface area contributed by atoms with E-state index in [2.05, 4.69) is 53.0 Å². The van der Waals surface area contributed by atoms with E-state index in [0.29, 0.717) is 0 Å². The molecule has 0 spiro atoms. The highest BCUT2D eigenvalue weighted by Crippen LogP contribution is 2.30. The smallest absolute Gasteiger partial charge is 0.132 e. The van der Waals surface area contributed by atoms with Gasteiger partial charge in [0.25, 0.3) is 0 Å².